The molecule has 2 aliphatic heterocycles. The smallest absolute Gasteiger partial charge is 0.269 e. The number of piperidine rings is 2. The van der Waals surface area contributed by atoms with E-state index in [4.69, 9.17) is 0 Å². The molecule has 2 fully saturated rings. The Hall–Kier alpha value is -2.14. The summed E-state index contributed by atoms with van der Waals surface area (Å²) in [6.07, 6.45) is 8.30. The maximum absolute atomic E-state index is 12.9. The predicted molar refractivity (Wildman–Crippen MR) is 106 cm³/mol. The molecular weight excluding hydrogens is 336 g/mol. The van der Waals surface area contributed by atoms with E-state index in [9.17, 15) is 4.79 Å². The van der Waals surface area contributed by atoms with E-state index >= 15 is 0 Å². The normalized spacial score (nSPS) is 24.6. The number of aryl methyl sites for hydroxylation is 1. The first-order chi connectivity index (χ1) is 13.3. The molecule has 0 spiro atoms. The van der Waals surface area contributed by atoms with Crippen molar-refractivity contribution in [3.63, 3.8) is 0 Å². The standard InChI is InChI=1S/C22H28N4O/c27-22(23-14-16-7-5-13-26-12-4-3-9-19(16)26)21-18-11-10-15-6-1-2-8-17(15)20(18)24-25-21/h1-2,6,8,16,19H,3-5,7,9-14H2,(H,23,27)(H,24,25). The molecule has 5 rings (SSSR count). The van der Waals surface area contributed by atoms with Crippen molar-refractivity contribution in [2.75, 3.05) is 19.6 Å². The quantitative estimate of drug-likeness (QED) is 0.879. The van der Waals surface area contributed by atoms with Crippen LogP contribution < -0.4 is 5.32 Å². The average Bonchev–Trinajstić information content (AvgIpc) is 3.17. The van der Waals surface area contributed by atoms with Crippen molar-refractivity contribution in [2.24, 2.45) is 5.92 Å². The van der Waals surface area contributed by atoms with Crippen LogP contribution in [-0.4, -0.2) is 46.7 Å². The van der Waals surface area contributed by atoms with Crippen molar-refractivity contribution in [2.45, 2.75) is 51.0 Å². The number of nitrogens with one attached hydrogen (secondary N) is 2. The van der Waals surface area contributed by atoms with Crippen molar-refractivity contribution >= 4 is 5.91 Å². The molecule has 0 saturated carbocycles. The fraction of sp³-hybridized carbons (Fsp3) is 0.545. The van der Waals surface area contributed by atoms with Crippen LogP contribution in [0, 0.1) is 5.92 Å². The molecule has 2 saturated heterocycles. The molecule has 2 N–H and O–H groups in total. The highest BCUT2D eigenvalue weighted by Crippen LogP contribution is 2.34. The van der Waals surface area contributed by atoms with Gasteiger partial charge in [0.2, 0.25) is 0 Å². The van der Waals surface area contributed by atoms with Gasteiger partial charge in [-0.2, -0.15) is 5.10 Å². The number of carbonyl (C=O) groups is 1. The Balaban J connectivity index is 1.29. The molecule has 2 unspecified atom stereocenters. The molecule has 1 aliphatic carbocycles. The second kappa shape index (κ2) is 7.12. The molecule has 3 aliphatic rings. The molecule has 3 heterocycles. The molecule has 27 heavy (non-hydrogen) atoms. The zero-order valence-corrected chi connectivity index (χ0v) is 15.8. The lowest BCUT2D eigenvalue weighted by Gasteiger charge is -2.44. The molecule has 0 radical (unpaired) electrons. The minimum absolute atomic E-state index is 0.0102. The second-order valence-corrected chi connectivity index (χ2v) is 8.29. The van der Waals surface area contributed by atoms with Crippen LogP contribution in [0.4, 0.5) is 0 Å². The molecular formula is C22H28N4O. The van der Waals surface area contributed by atoms with Crippen molar-refractivity contribution in [3.05, 3.63) is 41.1 Å². The number of carbonyl (C=O) groups excluding carboxylic acids is 1. The molecule has 5 heteroatoms. The topological polar surface area (TPSA) is 61.0 Å². The zero-order valence-electron chi connectivity index (χ0n) is 15.8. The lowest BCUT2D eigenvalue weighted by molar-refractivity contribution is 0.0575. The van der Waals surface area contributed by atoms with E-state index in [1.165, 1.54) is 56.3 Å². The predicted octanol–water partition coefficient (Wildman–Crippen LogP) is 3.17. The van der Waals surface area contributed by atoms with Gasteiger partial charge in [0, 0.05) is 23.7 Å². The van der Waals surface area contributed by atoms with E-state index in [0.717, 1.165) is 30.6 Å². The van der Waals surface area contributed by atoms with Crippen molar-refractivity contribution in [1.82, 2.24) is 20.4 Å². The van der Waals surface area contributed by atoms with E-state index in [-0.39, 0.29) is 5.91 Å². The summed E-state index contributed by atoms with van der Waals surface area (Å²) in [5, 5.41) is 10.7. The van der Waals surface area contributed by atoms with Crippen LogP contribution in [-0.2, 0) is 12.8 Å². The first-order valence-electron chi connectivity index (χ1n) is 10.5. The summed E-state index contributed by atoms with van der Waals surface area (Å²) in [5.41, 5.74) is 5.19. The lowest BCUT2D eigenvalue weighted by atomic mass is 9.83. The molecule has 1 aromatic heterocycles. The highest BCUT2D eigenvalue weighted by Gasteiger charge is 2.33. The van der Waals surface area contributed by atoms with E-state index in [2.05, 4.69) is 38.6 Å². The first-order valence-corrected chi connectivity index (χ1v) is 10.5. The largest absolute Gasteiger partial charge is 0.350 e. The van der Waals surface area contributed by atoms with E-state index < -0.39 is 0 Å². The summed E-state index contributed by atoms with van der Waals surface area (Å²) >= 11 is 0. The minimum atomic E-state index is 0.0102. The number of H-pyrrole nitrogens is 1. The summed E-state index contributed by atoms with van der Waals surface area (Å²) in [4.78, 5) is 15.5. The highest BCUT2D eigenvalue weighted by molar-refractivity contribution is 5.96. The Morgan fingerprint density at radius 3 is 3.00 bits per heavy atom. The van der Waals surface area contributed by atoms with Crippen LogP contribution in [0.15, 0.2) is 24.3 Å². The van der Waals surface area contributed by atoms with E-state index in [1.807, 2.05) is 6.07 Å². The summed E-state index contributed by atoms with van der Waals surface area (Å²) in [6.45, 7) is 3.26. The van der Waals surface area contributed by atoms with Gasteiger partial charge in [0.1, 0.15) is 5.69 Å². The summed E-state index contributed by atoms with van der Waals surface area (Å²) in [7, 11) is 0. The van der Waals surface area contributed by atoms with Gasteiger partial charge < -0.3 is 10.2 Å². The van der Waals surface area contributed by atoms with Crippen molar-refractivity contribution in [3.8, 4) is 11.3 Å². The Bertz CT molecular complexity index is 841. The van der Waals surface area contributed by atoms with Gasteiger partial charge in [0.15, 0.2) is 0 Å². The zero-order chi connectivity index (χ0) is 18.2. The molecule has 5 nitrogen and oxygen atoms in total. The van der Waals surface area contributed by atoms with Gasteiger partial charge in [-0.1, -0.05) is 30.7 Å². The van der Waals surface area contributed by atoms with Crippen molar-refractivity contribution in [1.29, 1.82) is 0 Å². The summed E-state index contributed by atoms with van der Waals surface area (Å²) in [5.74, 6) is 0.596. The molecule has 2 aromatic rings. The Morgan fingerprint density at radius 1 is 1.15 bits per heavy atom. The number of aromatic amines is 1. The van der Waals surface area contributed by atoms with Crippen molar-refractivity contribution < 1.29 is 4.79 Å². The number of nitrogens with zero attached hydrogens (tertiary/aromatic N) is 2. The number of amides is 1. The van der Waals surface area contributed by atoms with Crippen LogP contribution in [0.5, 0.6) is 0 Å². The first kappa shape index (κ1) is 17.0. The molecule has 1 aromatic carbocycles. The number of rotatable bonds is 3. The van der Waals surface area contributed by atoms with Crippen LogP contribution >= 0.6 is 0 Å². The van der Waals surface area contributed by atoms with Crippen LogP contribution in [0.3, 0.4) is 0 Å². The van der Waals surface area contributed by atoms with Crippen LogP contribution in [0.1, 0.15) is 53.7 Å². The molecule has 1 amide bonds. The van der Waals surface area contributed by atoms with Gasteiger partial charge in [-0.05, 0) is 63.1 Å². The minimum Gasteiger partial charge on any atom is -0.350 e. The monoisotopic (exact) mass is 364 g/mol. The third-order valence-corrected chi connectivity index (χ3v) is 6.76. The number of benzene rings is 1. The SMILES string of the molecule is O=C(NCC1CCCN2CCCCC12)c1[nH]nc2c1CCc1ccccc1-2. The lowest BCUT2D eigenvalue weighted by Crippen LogP contribution is -2.51. The molecule has 0 bridgehead atoms. The summed E-state index contributed by atoms with van der Waals surface area (Å²) in [6, 6.07) is 9.04. The van der Waals surface area contributed by atoms with E-state index in [0.29, 0.717) is 17.7 Å². The Kier molecular flexibility index (Phi) is 4.48. The number of hydrogen-bond acceptors (Lipinski definition) is 3. The van der Waals surface area contributed by atoms with Crippen LogP contribution in [0.25, 0.3) is 11.3 Å². The van der Waals surface area contributed by atoms with Gasteiger partial charge in [0.05, 0.1) is 5.69 Å². The number of fused-ring (bicyclic) bond motifs is 4. The fourth-order valence-electron chi connectivity index (χ4n) is 5.38. The maximum atomic E-state index is 12.9. The molecule has 142 valence electrons. The third kappa shape index (κ3) is 3.08. The average molecular weight is 364 g/mol. The van der Waals surface area contributed by atoms with Gasteiger partial charge in [-0.25, -0.2) is 0 Å². The second-order valence-electron chi connectivity index (χ2n) is 8.29. The Morgan fingerprint density at radius 2 is 2.04 bits per heavy atom. The van der Waals surface area contributed by atoms with Crippen LogP contribution in [0.2, 0.25) is 0 Å². The maximum Gasteiger partial charge on any atom is 0.269 e. The Labute approximate surface area is 160 Å². The third-order valence-electron chi connectivity index (χ3n) is 6.76. The van der Waals surface area contributed by atoms with Gasteiger partial charge in [-0.3, -0.25) is 9.89 Å². The van der Waals surface area contributed by atoms with Gasteiger partial charge >= 0.3 is 0 Å². The molecule has 2 atom stereocenters. The number of hydrogen-bond donors (Lipinski definition) is 2. The fourth-order valence-corrected chi connectivity index (χ4v) is 5.38. The van der Waals surface area contributed by atoms with Gasteiger partial charge in [0.25, 0.3) is 5.91 Å². The highest BCUT2D eigenvalue weighted by atomic mass is 16.1. The summed E-state index contributed by atoms with van der Waals surface area (Å²) < 4.78 is 0. The van der Waals surface area contributed by atoms with Gasteiger partial charge in [-0.15, -0.1) is 0 Å². The number of aromatic nitrogens is 2. The van der Waals surface area contributed by atoms with E-state index in [1.54, 1.807) is 0 Å².